The van der Waals surface area contributed by atoms with Crippen molar-refractivity contribution in [2.45, 2.75) is 59.8 Å². The van der Waals surface area contributed by atoms with E-state index in [1.165, 1.54) is 45.2 Å². The third-order valence-corrected chi connectivity index (χ3v) is 4.15. The molecule has 1 atom stereocenters. The van der Waals surface area contributed by atoms with Gasteiger partial charge >= 0.3 is 0 Å². The maximum absolute atomic E-state index is 3.67. The summed E-state index contributed by atoms with van der Waals surface area (Å²) >= 11 is 0. The molecule has 1 aliphatic carbocycles. The Morgan fingerprint density at radius 2 is 1.87 bits per heavy atom. The molecule has 1 unspecified atom stereocenters. The van der Waals surface area contributed by atoms with Crippen molar-refractivity contribution >= 4 is 0 Å². The molecule has 15 heavy (non-hydrogen) atoms. The van der Waals surface area contributed by atoms with E-state index in [0.717, 1.165) is 11.8 Å². The van der Waals surface area contributed by atoms with Gasteiger partial charge < -0.3 is 5.32 Å². The Morgan fingerprint density at radius 1 is 1.20 bits per heavy atom. The normalized spacial score (nSPS) is 21.4. The molecule has 0 aliphatic heterocycles. The van der Waals surface area contributed by atoms with Gasteiger partial charge in [-0.3, -0.25) is 0 Å². The summed E-state index contributed by atoms with van der Waals surface area (Å²) in [4.78, 5) is 0. The van der Waals surface area contributed by atoms with Crippen molar-refractivity contribution in [1.82, 2.24) is 5.32 Å². The minimum absolute atomic E-state index is 0.658. The average molecular weight is 211 g/mol. The third kappa shape index (κ3) is 3.48. The Labute approximate surface area is 96.0 Å². The number of nitrogens with one attached hydrogen (secondary N) is 1. The zero-order valence-corrected chi connectivity index (χ0v) is 11.1. The molecular formula is C14H29N. The van der Waals surface area contributed by atoms with E-state index in [4.69, 9.17) is 0 Å². The zero-order chi connectivity index (χ0) is 11.3. The summed E-state index contributed by atoms with van der Waals surface area (Å²) in [6.07, 6.45) is 7.12. The van der Waals surface area contributed by atoms with Crippen LogP contribution in [0.2, 0.25) is 0 Å². The maximum atomic E-state index is 3.67. The van der Waals surface area contributed by atoms with Gasteiger partial charge in [0.15, 0.2) is 0 Å². The molecule has 0 saturated heterocycles. The minimum atomic E-state index is 0.658. The fraction of sp³-hybridized carbons (Fsp3) is 1.00. The van der Waals surface area contributed by atoms with Crippen LogP contribution in [0.3, 0.4) is 0 Å². The van der Waals surface area contributed by atoms with Crippen LogP contribution < -0.4 is 5.32 Å². The Hall–Kier alpha value is -0.0400. The molecule has 1 heteroatoms. The van der Waals surface area contributed by atoms with Crippen molar-refractivity contribution in [3.05, 3.63) is 0 Å². The number of rotatable bonds is 7. The summed E-state index contributed by atoms with van der Waals surface area (Å²) in [6.45, 7) is 11.8. The lowest BCUT2D eigenvalue weighted by atomic mass is 9.60. The Bertz CT molecular complexity index is 170. The highest BCUT2D eigenvalue weighted by molar-refractivity contribution is 4.93. The Balaban J connectivity index is 2.32. The number of hydrogen-bond acceptors (Lipinski definition) is 1. The van der Waals surface area contributed by atoms with Gasteiger partial charge in [-0.2, -0.15) is 0 Å². The predicted octanol–water partition coefficient (Wildman–Crippen LogP) is 3.84. The molecule has 0 aromatic heterocycles. The SMILES string of the molecule is CCCC(C)C1(CNCC(C)C)CCC1. The van der Waals surface area contributed by atoms with Crippen LogP contribution in [-0.2, 0) is 0 Å². The van der Waals surface area contributed by atoms with E-state index in [9.17, 15) is 0 Å². The van der Waals surface area contributed by atoms with Crippen LogP contribution >= 0.6 is 0 Å². The van der Waals surface area contributed by atoms with Crippen molar-refractivity contribution in [2.75, 3.05) is 13.1 Å². The molecule has 90 valence electrons. The molecule has 1 fully saturated rings. The molecule has 1 rings (SSSR count). The average Bonchev–Trinajstić information content (AvgIpc) is 2.09. The minimum Gasteiger partial charge on any atom is -0.316 e. The first kappa shape index (κ1) is 13.0. The van der Waals surface area contributed by atoms with E-state index >= 15 is 0 Å². The predicted molar refractivity (Wildman–Crippen MR) is 68.1 cm³/mol. The fourth-order valence-corrected chi connectivity index (χ4v) is 2.82. The summed E-state index contributed by atoms with van der Waals surface area (Å²) in [6, 6.07) is 0. The lowest BCUT2D eigenvalue weighted by molar-refractivity contribution is 0.0521. The highest BCUT2D eigenvalue weighted by Crippen LogP contribution is 2.48. The highest BCUT2D eigenvalue weighted by Gasteiger charge is 2.40. The summed E-state index contributed by atoms with van der Waals surface area (Å²) in [7, 11) is 0. The van der Waals surface area contributed by atoms with Crippen molar-refractivity contribution in [2.24, 2.45) is 17.3 Å². The summed E-state index contributed by atoms with van der Waals surface area (Å²) in [5.74, 6) is 1.69. The van der Waals surface area contributed by atoms with Gasteiger partial charge in [0.2, 0.25) is 0 Å². The van der Waals surface area contributed by atoms with Gasteiger partial charge in [0.05, 0.1) is 0 Å². The second-order valence-electron chi connectivity index (χ2n) is 5.93. The molecule has 0 aromatic rings. The fourth-order valence-electron chi connectivity index (χ4n) is 2.82. The van der Waals surface area contributed by atoms with Crippen LogP contribution in [0.1, 0.15) is 59.8 Å². The second kappa shape index (κ2) is 5.89. The van der Waals surface area contributed by atoms with Gasteiger partial charge in [0, 0.05) is 6.54 Å². The van der Waals surface area contributed by atoms with Crippen LogP contribution in [0.5, 0.6) is 0 Å². The number of hydrogen-bond donors (Lipinski definition) is 1. The molecule has 1 aliphatic rings. The summed E-state index contributed by atoms with van der Waals surface area (Å²) < 4.78 is 0. The van der Waals surface area contributed by atoms with Crippen LogP contribution in [0, 0.1) is 17.3 Å². The van der Waals surface area contributed by atoms with E-state index in [-0.39, 0.29) is 0 Å². The zero-order valence-electron chi connectivity index (χ0n) is 11.1. The molecular weight excluding hydrogens is 182 g/mol. The van der Waals surface area contributed by atoms with Crippen LogP contribution in [0.4, 0.5) is 0 Å². The first-order chi connectivity index (χ1) is 7.10. The topological polar surface area (TPSA) is 12.0 Å². The summed E-state index contributed by atoms with van der Waals surface area (Å²) in [5, 5.41) is 3.67. The van der Waals surface area contributed by atoms with Crippen molar-refractivity contribution < 1.29 is 0 Å². The molecule has 0 spiro atoms. The van der Waals surface area contributed by atoms with Gasteiger partial charge in [0.25, 0.3) is 0 Å². The lowest BCUT2D eigenvalue weighted by Crippen LogP contribution is -2.45. The molecule has 1 saturated carbocycles. The summed E-state index contributed by atoms with van der Waals surface area (Å²) in [5.41, 5.74) is 0.658. The quantitative estimate of drug-likeness (QED) is 0.674. The largest absolute Gasteiger partial charge is 0.316 e. The molecule has 1 nitrogen and oxygen atoms in total. The second-order valence-corrected chi connectivity index (χ2v) is 5.93. The van der Waals surface area contributed by atoms with E-state index in [1.807, 2.05) is 0 Å². The van der Waals surface area contributed by atoms with Gasteiger partial charge in [-0.15, -0.1) is 0 Å². The van der Waals surface area contributed by atoms with E-state index in [0.29, 0.717) is 5.41 Å². The van der Waals surface area contributed by atoms with Crippen molar-refractivity contribution in [3.8, 4) is 0 Å². The van der Waals surface area contributed by atoms with E-state index in [1.54, 1.807) is 0 Å². The van der Waals surface area contributed by atoms with E-state index < -0.39 is 0 Å². The van der Waals surface area contributed by atoms with Crippen LogP contribution in [-0.4, -0.2) is 13.1 Å². The van der Waals surface area contributed by atoms with Crippen LogP contribution in [0.25, 0.3) is 0 Å². The highest BCUT2D eigenvalue weighted by atomic mass is 14.9. The Morgan fingerprint density at radius 3 is 2.27 bits per heavy atom. The maximum Gasteiger partial charge on any atom is 0.00105 e. The first-order valence-corrected chi connectivity index (χ1v) is 6.81. The van der Waals surface area contributed by atoms with E-state index in [2.05, 4.69) is 33.0 Å². The van der Waals surface area contributed by atoms with Gasteiger partial charge in [0.1, 0.15) is 0 Å². The van der Waals surface area contributed by atoms with Crippen molar-refractivity contribution in [1.29, 1.82) is 0 Å². The molecule has 0 heterocycles. The molecule has 0 amide bonds. The molecule has 0 bridgehead atoms. The first-order valence-electron chi connectivity index (χ1n) is 6.81. The van der Waals surface area contributed by atoms with Gasteiger partial charge in [-0.05, 0) is 36.6 Å². The van der Waals surface area contributed by atoms with Gasteiger partial charge in [-0.1, -0.05) is 47.0 Å². The Kier molecular flexibility index (Phi) is 5.11. The smallest absolute Gasteiger partial charge is 0.00105 e. The third-order valence-electron chi connectivity index (χ3n) is 4.15. The molecule has 0 aromatic carbocycles. The van der Waals surface area contributed by atoms with Crippen LogP contribution in [0.15, 0.2) is 0 Å². The molecule has 1 N–H and O–H groups in total. The van der Waals surface area contributed by atoms with Gasteiger partial charge in [-0.25, -0.2) is 0 Å². The standard InChI is InChI=1S/C14H29N/c1-5-7-13(4)14(8-6-9-14)11-15-10-12(2)3/h12-13,15H,5-11H2,1-4H3. The lowest BCUT2D eigenvalue weighted by Gasteiger charge is -2.47. The van der Waals surface area contributed by atoms with Crippen molar-refractivity contribution in [3.63, 3.8) is 0 Å². The monoisotopic (exact) mass is 211 g/mol. The molecule has 0 radical (unpaired) electrons.